The first-order valence-electron chi connectivity index (χ1n) is 4.58. The molecule has 0 spiro atoms. The minimum Gasteiger partial charge on any atom is -0.398 e. The highest BCUT2D eigenvalue weighted by molar-refractivity contribution is 8.01. The van der Waals surface area contributed by atoms with E-state index < -0.39 is 0 Å². The summed E-state index contributed by atoms with van der Waals surface area (Å²) >= 11 is 3.17. The van der Waals surface area contributed by atoms with Crippen molar-refractivity contribution in [3.8, 4) is 6.07 Å². The van der Waals surface area contributed by atoms with E-state index in [1.165, 1.54) is 0 Å². The van der Waals surface area contributed by atoms with Gasteiger partial charge in [0.25, 0.3) is 0 Å². The molecule has 2 rings (SSSR count). The molecule has 0 saturated carbocycles. The van der Waals surface area contributed by atoms with Crippen molar-refractivity contribution >= 4 is 28.8 Å². The number of aromatic nitrogens is 1. The fourth-order valence-corrected chi connectivity index (χ4v) is 3.05. The average molecular weight is 247 g/mol. The van der Waals surface area contributed by atoms with Gasteiger partial charge >= 0.3 is 0 Å². The SMILES string of the molecule is Cc1csc(Sc2ccc(C#N)c(N)c2)n1. The third-order valence-electron chi connectivity index (χ3n) is 1.95. The van der Waals surface area contributed by atoms with Gasteiger partial charge in [0.05, 0.1) is 11.3 Å². The Morgan fingerprint density at radius 3 is 2.88 bits per heavy atom. The summed E-state index contributed by atoms with van der Waals surface area (Å²) < 4.78 is 0.988. The largest absolute Gasteiger partial charge is 0.398 e. The molecule has 2 aromatic rings. The van der Waals surface area contributed by atoms with Gasteiger partial charge in [-0.2, -0.15) is 5.26 Å². The first kappa shape index (κ1) is 11.0. The molecule has 0 aliphatic heterocycles. The number of nitrogen functional groups attached to an aromatic ring is 1. The summed E-state index contributed by atoms with van der Waals surface area (Å²) in [7, 11) is 0. The van der Waals surface area contributed by atoms with E-state index in [0.29, 0.717) is 11.3 Å². The number of rotatable bonds is 2. The van der Waals surface area contributed by atoms with E-state index in [1.807, 2.05) is 24.4 Å². The number of nitrogens with zero attached hydrogens (tertiary/aromatic N) is 2. The van der Waals surface area contributed by atoms with Crippen molar-refractivity contribution in [2.24, 2.45) is 0 Å². The lowest BCUT2D eigenvalue weighted by molar-refractivity contribution is 1.16. The van der Waals surface area contributed by atoms with E-state index in [-0.39, 0.29) is 0 Å². The van der Waals surface area contributed by atoms with E-state index in [2.05, 4.69) is 4.98 Å². The van der Waals surface area contributed by atoms with E-state index >= 15 is 0 Å². The molecule has 0 amide bonds. The highest BCUT2D eigenvalue weighted by atomic mass is 32.2. The Morgan fingerprint density at radius 1 is 1.50 bits per heavy atom. The molecule has 1 heterocycles. The van der Waals surface area contributed by atoms with Crippen LogP contribution in [0.4, 0.5) is 5.69 Å². The Hall–Kier alpha value is -1.51. The minimum atomic E-state index is 0.514. The quantitative estimate of drug-likeness (QED) is 0.828. The molecule has 3 nitrogen and oxygen atoms in total. The van der Waals surface area contributed by atoms with Gasteiger partial charge in [0.2, 0.25) is 0 Å². The number of hydrogen-bond donors (Lipinski definition) is 1. The zero-order valence-corrected chi connectivity index (χ0v) is 10.2. The lowest BCUT2D eigenvalue weighted by Crippen LogP contribution is -1.89. The van der Waals surface area contributed by atoms with Gasteiger partial charge in [-0.25, -0.2) is 4.98 Å². The molecule has 0 atom stereocenters. The van der Waals surface area contributed by atoms with E-state index in [1.54, 1.807) is 35.2 Å². The van der Waals surface area contributed by atoms with Crippen LogP contribution in [0.5, 0.6) is 0 Å². The molecule has 1 aromatic heterocycles. The molecule has 16 heavy (non-hydrogen) atoms. The zero-order valence-electron chi connectivity index (χ0n) is 8.60. The molecule has 1 aromatic carbocycles. The van der Waals surface area contributed by atoms with Gasteiger partial charge in [-0.3, -0.25) is 0 Å². The second-order valence-corrected chi connectivity index (χ2v) is 5.40. The van der Waals surface area contributed by atoms with Crippen LogP contribution in [0.15, 0.2) is 32.8 Å². The van der Waals surface area contributed by atoms with E-state index in [9.17, 15) is 0 Å². The van der Waals surface area contributed by atoms with Gasteiger partial charge in [-0.1, -0.05) is 11.8 Å². The number of thiazole rings is 1. The molecule has 0 aliphatic rings. The Balaban J connectivity index is 2.23. The van der Waals surface area contributed by atoms with Gasteiger partial charge < -0.3 is 5.73 Å². The Kier molecular flexibility index (Phi) is 3.13. The standard InChI is InChI=1S/C11H9N3S2/c1-7-6-15-11(14-7)16-9-3-2-8(5-12)10(13)4-9/h2-4,6H,13H2,1H3. The van der Waals surface area contributed by atoms with Crippen molar-refractivity contribution in [2.45, 2.75) is 16.2 Å². The summed E-state index contributed by atoms with van der Waals surface area (Å²) in [4.78, 5) is 5.36. The van der Waals surface area contributed by atoms with Crippen LogP contribution >= 0.6 is 23.1 Å². The number of nitrogens with two attached hydrogens (primary N) is 1. The van der Waals surface area contributed by atoms with Gasteiger partial charge in [0.15, 0.2) is 4.34 Å². The fraction of sp³-hybridized carbons (Fsp3) is 0.0909. The molecule has 2 N–H and O–H groups in total. The molecule has 0 unspecified atom stereocenters. The first-order chi connectivity index (χ1) is 7.69. The number of nitriles is 1. The lowest BCUT2D eigenvalue weighted by Gasteiger charge is -2.00. The maximum atomic E-state index is 8.76. The Labute approximate surface area is 102 Å². The van der Waals surface area contributed by atoms with Gasteiger partial charge in [0.1, 0.15) is 6.07 Å². The van der Waals surface area contributed by atoms with Crippen molar-refractivity contribution in [3.63, 3.8) is 0 Å². The van der Waals surface area contributed by atoms with Crippen molar-refractivity contribution in [1.29, 1.82) is 5.26 Å². The van der Waals surface area contributed by atoms with Gasteiger partial charge in [0, 0.05) is 16.0 Å². The number of aryl methyl sites for hydroxylation is 1. The smallest absolute Gasteiger partial charge is 0.154 e. The molecule has 80 valence electrons. The lowest BCUT2D eigenvalue weighted by atomic mass is 10.2. The van der Waals surface area contributed by atoms with Crippen LogP contribution in [0.3, 0.4) is 0 Å². The summed E-state index contributed by atoms with van der Waals surface area (Å²) in [6.07, 6.45) is 0. The third-order valence-corrected chi connectivity index (χ3v) is 3.99. The van der Waals surface area contributed by atoms with E-state index in [4.69, 9.17) is 11.0 Å². The molecule has 0 bridgehead atoms. The molecule has 0 saturated heterocycles. The van der Waals surface area contributed by atoms with Crippen LogP contribution in [-0.4, -0.2) is 4.98 Å². The normalized spacial score (nSPS) is 10.0. The van der Waals surface area contributed by atoms with Crippen LogP contribution < -0.4 is 5.73 Å². The second-order valence-electron chi connectivity index (χ2n) is 3.22. The maximum Gasteiger partial charge on any atom is 0.154 e. The van der Waals surface area contributed by atoms with Crippen LogP contribution in [0.1, 0.15) is 11.3 Å². The summed E-state index contributed by atoms with van der Waals surface area (Å²) in [5.41, 5.74) is 7.79. The number of benzene rings is 1. The second kappa shape index (κ2) is 4.56. The molecule has 5 heteroatoms. The number of anilines is 1. The molecule has 0 fully saturated rings. The fourth-order valence-electron chi connectivity index (χ4n) is 1.19. The van der Waals surface area contributed by atoms with Gasteiger partial charge in [-0.15, -0.1) is 11.3 Å². The Bertz CT molecular complexity index is 555. The van der Waals surface area contributed by atoms with Crippen molar-refractivity contribution in [1.82, 2.24) is 4.98 Å². The topological polar surface area (TPSA) is 62.7 Å². The Morgan fingerprint density at radius 2 is 2.31 bits per heavy atom. The predicted molar refractivity (Wildman–Crippen MR) is 66.5 cm³/mol. The molecular formula is C11H9N3S2. The minimum absolute atomic E-state index is 0.514. The van der Waals surface area contributed by atoms with Crippen LogP contribution in [0, 0.1) is 18.3 Å². The number of hydrogen-bond acceptors (Lipinski definition) is 5. The van der Waals surface area contributed by atoms with Crippen molar-refractivity contribution in [3.05, 3.63) is 34.8 Å². The summed E-state index contributed by atoms with van der Waals surface area (Å²) in [6.45, 7) is 1.97. The first-order valence-corrected chi connectivity index (χ1v) is 6.28. The molecule has 0 aliphatic carbocycles. The van der Waals surface area contributed by atoms with Crippen LogP contribution in [-0.2, 0) is 0 Å². The van der Waals surface area contributed by atoms with Crippen LogP contribution in [0.25, 0.3) is 0 Å². The van der Waals surface area contributed by atoms with Crippen LogP contribution in [0.2, 0.25) is 0 Å². The van der Waals surface area contributed by atoms with Crippen molar-refractivity contribution in [2.75, 3.05) is 5.73 Å². The van der Waals surface area contributed by atoms with Gasteiger partial charge in [-0.05, 0) is 25.1 Å². The molecular weight excluding hydrogens is 238 g/mol. The highest BCUT2D eigenvalue weighted by Crippen LogP contribution is 2.31. The van der Waals surface area contributed by atoms with Crippen molar-refractivity contribution < 1.29 is 0 Å². The maximum absolute atomic E-state index is 8.76. The average Bonchev–Trinajstić information content (AvgIpc) is 2.64. The predicted octanol–water partition coefficient (Wildman–Crippen LogP) is 3.06. The van der Waals surface area contributed by atoms with E-state index in [0.717, 1.165) is 14.9 Å². The summed E-state index contributed by atoms with van der Waals surface area (Å²) in [5.74, 6) is 0. The zero-order chi connectivity index (χ0) is 11.5. The summed E-state index contributed by atoms with van der Waals surface area (Å²) in [5, 5.41) is 10.8. The monoisotopic (exact) mass is 247 g/mol. The summed E-state index contributed by atoms with van der Waals surface area (Å²) in [6, 6.07) is 7.47. The molecule has 0 radical (unpaired) electrons. The highest BCUT2D eigenvalue weighted by Gasteiger charge is 2.04. The third kappa shape index (κ3) is 2.35.